The molecule has 1 heterocycles. The highest BCUT2D eigenvalue weighted by Crippen LogP contribution is 2.28. The summed E-state index contributed by atoms with van der Waals surface area (Å²) in [5.74, 6) is -0.0263. The zero-order valence-electron chi connectivity index (χ0n) is 11.2. The lowest BCUT2D eigenvalue weighted by Gasteiger charge is -2.14. The minimum Gasteiger partial charge on any atom is -0.495 e. The Hall–Kier alpha value is -2.67. The molecule has 0 aliphatic heterocycles. The van der Waals surface area contributed by atoms with Gasteiger partial charge in [0.15, 0.2) is 0 Å². The first-order valence-electron chi connectivity index (χ1n) is 6.00. The summed E-state index contributed by atoms with van der Waals surface area (Å²) >= 11 is 4.96. The summed E-state index contributed by atoms with van der Waals surface area (Å²) in [6, 6.07) is 7.77. The van der Waals surface area contributed by atoms with Gasteiger partial charge in [-0.1, -0.05) is 18.3 Å². The number of hydrogen-bond donors (Lipinski definition) is 3. The van der Waals surface area contributed by atoms with Gasteiger partial charge in [0.1, 0.15) is 10.7 Å². The monoisotopic (exact) mass is 303 g/mol. The second-order valence-electron chi connectivity index (χ2n) is 4.14. The van der Waals surface area contributed by atoms with Gasteiger partial charge < -0.3 is 20.8 Å². The normalized spacial score (nSPS) is 9.95. The predicted octanol–water partition coefficient (Wildman–Crippen LogP) is 1.27. The Kier molecular flexibility index (Phi) is 4.34. The Morgan fingerprint density at radius 1 is 1.38 bits per heavy atom. The molecule has 0 fully saturated rings. The molecule has 2 aromatic rings. The minimum absolute atomic E-state index is 0.134. The number of H-pyrrole nitrogens is 1. The molecular formula is C14H13N3O3S. The van der Waals surface area contributed by atoms with Crippen molar-refractivity contribution in [2.24, 2.45) is 5.73 Å². The van der Waals surface area contributed by atoms with E-state index < -0.39 is 5.91 Å². The SMILES string of the molecule is COc1cccc(C(N)=S)c1NC(=O)c1cc[nH]c(=O)c1. The summed E-state index contributed by atoms with van der Waals surface area (Å²) in [6.07, 6.45) is 1.40. The highest BCUT2D eigenvalue weighted by atomic mass is 32.1. The van der Waals surface area contributed by atoms with Crippen molar-refractivity contribution in [1.29, 1.82) is 0 Å². The smallest absolute Gasteiger partial charge is 0.256 e. The molecule has 0 aliphatic carbocycles. The lowest BCUT2D eigenvalue weighted by Crippen LogP contribution is -2.19. The molecule has 21 heavy (non-hydrogen) atoms. The summed E-state index contributed by atoms with van der Waals surface area (Å²) in [5, 5.41) is 2.67. The fourth-order valence-electron chi connectivity index (χ4n) is 1.81. The van der Waals surface area contributed by atoms with E-state index in [1.807, 2.05) is 0 Å². The van der Waals surface area contributed by atoms with Gasteiger partial charge in [0.05, 0.1) is 12.8 Å². The number of anilines is 1. The summed E-state index contributed by atoms with van der Waals surface area (Å²) in [5.41, 5.74) is 6.36. The molecule has 108 valence electrons. The van der Waals surface area contributed by atoms with Gasteiger partial charge >= 0.3 is 0 Å². The standard InChI is InChI=1S/C14H13N3O3S/c1-20-10-4-2-3-9(13(15)21)12(10)17-14(19)8-5-6-16-11(18)7-8/h2-7H,1H3,(H2,15,21)(H,16,18)(H,17,19). The molecule has 0 saturated carbocycles. The first-order chi connectivity index (χ1) is 10.0. The molecule has 0 atom stereocenters. The van der Waals surface area contributed by atoms with E-state index in [-0.39, 0.29) is 16.1 Å². The van der Waals surface area contributed by atoms with Crippen LogP contribution in [0.3, 0.4) is 0 Å². The first kappa shape index (κ1) is 14.7. The van der Waals surface area contributed by atoms with Crippen LogP contribution in [0.15, 0.2) is 41.3 Å². The van der Waals surface area contributed by atoms with Crippen molar-refractivity contribution in [2.75, 3.05) is 12.4 Å². The van der Waals surface area contributed by atoms with Crippen molar-refractivity contribution < 1.29 is 9.53 Å². The number of aromatic nitrogens is 1. The number of nitrogens with one attached hydrogen (secondary N) is 2. The molecule has 7 heteroatoms. The molecule has 1 aromatic carbocycles. The number of hydrogen-bond acceptors (Lipinski definition) is 4. The average Bonchev–Trinajstić information content (AvgIpc) is 2.47. The van der Waals surface area contributed by atoms with Crippen LogP contribution in [0.4, 0.5) is 5.69 Å². The van der Waals surface area contributed by atoms with Gasteiger partial charge in [0.2, 0.25) is 5.56 Å². The maximum atomic E-state index is 12.2. The quantitative estimate of drug-likeness (QED) is 0.739. The predicted molar refractivity (Wildman–Crippen MR) is 83.9 cm³/mol. The van der Waals surface area contributed by atoms with Crippen LogP contribution in [-0.4, -0.2) is 23.0 Å². The molecule has 6 nitrogen and oxygen atoms in total. The molecule has 0 saturated heterocycles. The molecule has 0 aliphatic rings. The average molecular weight is 303 g/mol. The molecule has 0 bridgehead atoms. The fraction of sp³-hybridized carbons (Fsp3) is 0.0714. The summed E-state index contributed by atoms with van der Waals surface area (Å²) in [4.78, 5) is 26.0. The molecule has 4 N–H and O–H groups in total. The maximum Gasteiger partial charge on any atom is 0.256 e. The van der Waals surface area contributed by atoms with Crippen LogP contribution in [0.5, 0.6) is 5.75 Å². The fourth-order valence-corrected chi connectivity index (χ4v) is 1.98. The van der Waals surface area contributed by atoms with E-state index in [2.05, 4.69) is 10.3 Å². The van der Waals surface area contributed by atoms with Gasteiger partial charge in [-0.2, -0.15) is 0 Å². The molecule has 0 spiro atoms. The number of ether oxygens (including phenoxy) is 1. The van der Waals surface area contributed by atoms with Crippen molar-refractivity contribution >= 4 is 28.8 Å². The van der Waals surface area contributed by atoms with E-state index in [0.29, 0.717) is 17.0 Å². The number of amides is 1. The van der Waals surface area contributed by atoms with E-state index in [1.165, 1.54) is 25.4 Å². The number of carbonyl (C=O) groups is 1. The molecule has 0 radical (unpaired) electrons. The number of benzene rings is 1. The highest BCUT2D eigenvalue weighted by molar-refractivity contribution is 7.80. The Balaban J connectivity index is 2.41. The van der Waals surface area contributed by atoms with Crippen molar-refractivity contribution in [1.82, 2.24) is 4.98 Å². The topological polar surface area (TPSA) is 97.2 Å². The Morgan fingerprint density at radius 3 is 2.76 bits per heavy atom. The van der Waals surface area contributed by atoms with Crippen LogP contribution >= 0.6 is 12.2 Å². The van der Waals surface area contributed by atoms with Crippen LogP contribution in [-0.2, 0) is 0 Å². The third-order valence-corrected chi connectivity index (χ3v) is 3.01. The van der Waals surface area contributed by atoms with Gasteiger partial charge in [0.25, 0.3) is 5.91 Å². The zero-order valence-corrected chi connectivity index (χ0v) is 12.0. The third kappa shape index (κ3) is 3.26. The second kappa shape index (κ2) is 6.19. The van der Waals surface area contributed by atoms with E-state index in [1.54, 1.807) is 18.2 Å². The number of thiocarbonyl (C=S) groups is 1. The van der Waals surface area contributed by atoms with Crippen molar-refractivity contribution in [3.8, 4) is 5.75 Å². The van der Waals surface area contributed by atoms with E-state index in [4.69, 9.17) is 22.7 Å². The maximum absolute atomic E-state index is 12.2. The first-order valence-corrected chi connectivity index (χ1v) is 6.40. The number of carbonyl (C=O) groups excluding carboxylic acids is 1. The van der Waals surface area contributed by atoms with Gasteiger partial charge in [-0.05, 0) is 18.2 Å². The van der Waals surface area contributed by atoms with Gasteiger partial charge in [-0.15, -0.1) is 0 Å². The van der Waals surface area contributed by atoms with Gasteiger partial charge in [-0.3, -0.25) is 9.59 Å². The summed E-state index contributed by atoms with van der Waals surface area (Å²) in [7, 11) is 1.47. The number of pyridine rings is 1. The molecule has 1 aromatic heterocycles. The third-order valence-electron chi connectivity index (χ3n) is 2.79. The van der Waals surface area contributed by atoms with Crippen LogP contribution in [0.1, 0.15) is 15.9 Å². The Labute approximate surface area is 125 Å². The van der Waals surface area contributed by atoms with Crippen molar-refractivity contribution in [3.63, 3.8) is 0 Å². The molecule has 0 unspecified atom stereocenters. The van der Waals surface area contributed by atoms with Crippen LogP contribution in [0.25, 0.3) is 0 Å². The van der Waals surface area contributed by atoms with Gasteiger partial charge in [-0.25, -0.2) is 0 Å². The van der Waals surface area contributed by atoms with Crippen molar-refractivity contribution in [3.05, 3.63) is 58.0 Å². The molecular weight excluding hydrogens is 290 g/mol. The second-order valence-corrected chi connectivity index (χ2v) is 4.58. The number of methoxy groups -OCH3 is 1. The lowest BCUT2D eigenvalue weighted by molar-refractivity contribution is 0.102. The largest absolute Gasteiger partial charge is 0.495 e. The zero-order chi connectivity index (χ0) is 15.4. The summed E-state index contributed by atoms with van der Waals surface area (Å²) < 4.78 is 5.20. The van der Waals surface area contributed by atoms with Gasteiger partial charge in [0, 0.05) is 23.4 Å². The molecule has 2 rings (SSSR count). The van der Waals surface area contributed by atoms with E-state index in [0.717, 1.165) is 0 Å². The number of para-hydroxylation sites is 1. The molecule has 1 amide bonds. The van der Waals surface area contributed by atoms with Crippen LogP contribution in [0, 0.1) is 0 Å². The van der Waals surface area contributed by atoms with Crippen LogP contribution in [0.2, 0.25) is 0 Å². The van der Waals surface area contributed by atoms with Crippen molar-refractivity contribution in [2.45, 2.75) is 0 Å². The summed E-state index contributed by atoms with van der Waals surface area (Å²) in [6.45, 7) is 0. The Bertz CT molecular complexity index is 755. The highest BCUT2D eigenvalue weighted by Gasteiger charge is 2.15. The number of nitrogens with two attached hydrogens (primary N) is 1. The number of aromatic amines is 1. The Morgan fingerprint density at radius 2 is 2.14 bits per heavy atom. The van der Waals surface area contributed by atoms with E-state index in [9.17, 15) is 9.59 Å². The van der Waals surface area contributed by atoms with Crippen LogP contribution < -0.4 is 21.3 Å². The lowest BCUT2D eigenvalue weighted by atomic mass is 10.1. The van der Waals surface area contributed by atoms with E-state index >= 15 is 0 Å². The minimum atomic E-state index is -0.455. The number of rotatable bonds is 4.